The van der Waals surface area contributed by atoms with Gasteiger partial charge in [0, 0.05) is 26.8 Å². The van der Waals surface area contributed by atoms with Crippen LogP contribution in [-0.2, 0) is 0 Å². The van der Waals surface area contributed by atoms with E-state index in [0.717, 1.165) is 0 Å². The van der Waals surface area contributed by atoms with Crippen molar-refractivity contribution in [2.45, 2.75) is 0 Å². The van der Waals surface area contributed by atoms with Crippen LogP contribution in [0.15, 0.2) is 34.8 Å². The van der Waals surface area contributed by atoms with Crippen molar-refractivity contribution in [3.05, 3.63) is 51.0 Å². The Morgan fingerprint density at radius 2 is 1.90 bits per heavy atom. The maximum atomic E-state index is 12.7. The molecule has 0 aliphatic carbocycles. The summed E-state index contributed by atoms with van der Waals surface area (Å²) >= 11 is 9.30. The molecular weight excluding hydrogens is 358 g/mol. The monoisotopic (exact) mass is 369 g/mol. The highest BCUT2D eigenvalue weighted by Crippen LogP contribution is 2.35. The van der Waals surface area contributed by atoms with Crippen LogP contribution in [0.4, 0.5) is 5.69 Å². The summed E-state index contributed by atoms with van der Waals surface area (Å²) < 4.78 is 11.0. The number of nitrogen functional groups attached to an aromatic ring is 1. The van der Waals surface area contributed by atoms with Crippen molar-refractivity contribution in [2.75, 3.05) is 20.0 Å². The number of rotatable bonds is 4. The fourth-order valence-electron chi connectivity index (χ4n) is 1.92. The number of halogens is 2. The molecule has 2 rings (SSSR count). The number of carbonyl (C=O) groups excluding carboxylic acids is 1. The van der Waals surface area contributed by atoms with Crippen molar-refractivity contribution in [1.29, 1.82) is 0 Å². The van der Waals surface area contributed by atoms with E-state index in [-0.39, 0.29) is 5.78 Å². The van der Waals surface area contributed by atoms with Gasteiger partial charge in [0.15, 0.2) is 5.78 Å². The van der Waals surface area contributed by atoms with Gasteiger partial charge in [-0.05, 0) is 40.2 Å². The molecule has 0 bridgehead atoms. The standard InChI is InChI=1S/C15H13BrClNO3/c1-20-9-6-11(16)14(13(7-9)21-2)15(19)10-5-8(17)3-4-12(10)18/h3-7H,18H2,1-2H3. The highest BCUT2D eigenvalue weighted by molar-refractivity contribution is 9.10. The molecule has 0 aromatic heterocycles. The van der Waals surface area contributed by atoms with E-state index in [0.29, 0.717) is 37.8 Å². The number of methoxy groups -OCH3 is 2. The van der Waals surface area contributed by atoms with Gasteiger partial charge in [0.25, 0.3) is 0 Å². The second kappa shape index (κ2) is 6.37. The highest BCUT2D eigenvalue weighted by Gasteiger charge is 2.21. The van der Waals surface area contributed by atoms with Crippen LogP contribution in [0, 0.1) is 0 Å². The molecule has 2 aromatic rings. The fraction of sp³-hybridized carbons (Fsp3) is 0.133. The first-order valence-corrected chi connectivity index (χ1v) is 7.16. The van der Waals surface area contributed by atoms with E-state index in [2.05, 4.69) is 15.9 Å². The van der Waals surface area contributed by atoms with Crippen LogP contribution < -0.4 is 15.2 Å². The average Bonchev–Trinajstić information content (AvgIpc) is 2.48. The summed E-state index contributed by atoms with van der Waals surface area (Å²) in [6.07, 6.45) is 0. The lowest BCUT2D eigenvalue weighted by molar-refractivity contribution is 0.103. The molecule has 6 heteroatoms. The van der Waals surface area contributed by atoms with Crippen LogP contribution in [0.1, 0.15) is 15.9 Å². The summed E-state index contributed by atoms with van der Waals surface area (Å²) in [7, 11) is 3.02. The Balaban J connectivity index is 2.60. The minimum absolute atomic E-state index is 0.277. The van der Waals surface area contributed by atoms with Crippen LogP contribution in [0.3, 0.4) is 0 Å². The third-order valence-electron chi connectivity index (χ3n) is 2.97. The molecular formula is C15H13BrClNO3. The molecule has 0 saturated carbocycles. The van der Waals surface area contributed by atoms with Crippen molar-refractivity contribution in [3.63, 3.8) is 0 Å². The molecule has 110 valence electrons. The zero-order valence-corrected chi connectivity index (χ0v) is 13.8. The largest absolute Gasteiger partial charge is 0.497 e. The van der Waals surface area contributed by atoms with Gasteiger partial charge in [-0.1, -0.05) is 11.6 Å². The van der Waals surface area contributed by atoms with E-state index in [4.69, 9.17) is 26.8 Å². The molecule has 0 saturated heterocycles. The third-order valence-corrected chi connectivity index (χ3v) is 3.83. The van der Waals surface area contributed by atoms with Gasteiger partial charge in [-0.3, -0.25) is 4.79 Å². The number of ketones is 1. The second-order valence-corrected chi connectivity index (χ2v) is 5.54. The third kappa shape index (κ3) is 3.14. The molecule has 0 fully saturated rings. The molecule has 0 heterocycles. The molecule has 0 radical (unpaired) electrons. The van der Waals surface area contributed by atoms with Gasteiger partial charge < -0.3 is 15.2 Å². The van der Waals surface area contributed by atoms with Crippen molar-refractivity contribution >= 4 is 39.0 Å². The van der Waals surface area contributed by atoms with Gasteiger partial charge in [-0.2, -0.15) is 0 Å². The maximum absolute atomic E-state index is 12.7. The van der Waals surface area contributed by atoms with E-state index in [1.54, 1.807) is 24.3 Å². The van der Waals surface area contributed by atoms with Crippen molar-refractivity contribution < 1.29 is 14.3 Å². The first-order chi connectivity index (χ1) is 9.97. The van der Waals surface area contributed by atoms with Crippen molar-refractivity contribution in [2.24, 2.45) is 0 Å². The van der Waals surface area contributed by atoms with Crippen LogP contribution >= 0.6 is 27.5 Å². The van der Waals surface area contributed by atoms with Crippen LogP contribution in [0.25, 0.3) is 0 Å². The number of carbonyl (C=O) groups is 1. The predicted octanol–water partition coefficient (Wildman–Crippen LogP) is 3.93. The van der Waals surface area contributed by atoms with E-state index in [1.807, 2.05) is 0 Å². The molecule has 4 nitrogen and oxygen atoms in total. The Hall–Kier alpha value is -1.72. The van der Waals surface area contributed by atoms with E-state index < -0.39 is 0 Å². The molecule has 0 amide bonds. The lowest BCUT2D eigenvalue weighted by Crippen LogP contribution is -2.08. The quantitative estimate of drug-likeness (QED) is 0.654. The lowest BCUT2D eigenvalue weighted by Gasteiger charge is -2.13. The van der Waals surface area contributed by atoms with Crippen LogP contribution in [0.5, 0.6) is 11.5 Å². The van der Waals surface area contributed by atoms with Gasteiger partial charge in [0.2, 0.25) is 0 Å². The topological polar surface area (TPSA) is 61.5 Å². The Bertz CT molecular complexity index is 704. The average molecular weight is 371 g/mol. The molecule has 21 heavy (non-hydrogen) atoms. The van der Waals surface area contributed by atoms with Gasteiger partial charge in [-0.15, -0.1) is 0 Å². The van der Waals surface area contributed by atoms with Gasteiger partial charge in [-0.25, -0.2) is 0 Å². The molecule has 0 aliphatic rings. The SMILES string of the molecule is COc1cc(Br)c(C(=O)c2cc(Cl)ccc2N)c(OC)c1. The Labute approximate surface area is 135 Å². The Morgan fingerprint density at radius 1 is 1.19 bits per heavy atom. The van der Waals surface area contributed by atoms with Crippen LogP contribution in [-0.4, -0.2) is 20.0 Å². The van der Waals surface area contributed by atoms with Crippen LogP contribution in [0.2, 0.25) is 5.02 Å². The summed E-state index contributed by atoms with van der Waals surface area (Å²) in [5.74, 6) is 0.696. The second-order valence-electron chi connectivity index (χ2n) is 4.25. The molecule has 0 spiro atoms. The van der Waals surface area contributed by atoms with Crippen molar-refractivity contribution in [1.82, 2.24) is 0 Å². The number of anilines is 1. The molecule has 0 unspecified atom stereocenters. The smallest absolute Gasteiger partial charge is 0.200 e. The Kier molecular flexibility index (Phi) is 4.75. The number of nitrogens with two attached hydrogens (primary N) is 1. The van der Waals surface area contributed by atoms with E-state index in [9.17, 15) is 4.79 Å². The van der Waals surface area contributed by atoms with Gasteiger partial charge in [0.1, 0.15) is 11.5 Å². The normalized spacial score (nSPS) is 10.3. The minimum atomic E-state index is -0.277. The molecule has 0 aliphatic heterocycles. The molecule has 0 atom stereocenters. The summed E-state index contributed by atoms with van der Waals surface area (Å²) in [6, 6.07) is 8.10. The maximum Gasteiger partial charge on any atom is 0.200 e. The summed E-state index contributed by atoms with van der Waals surface area (Å²) in [6.45, 7) is 0. The first-order valence-electron chi connectivity index (χ1n) is 5.99. The number of hydrogen-bond donors (Lipinski definition) is 1. The van der Waals surface area contributed by atoms with E-state index >= 15 is 0 Å². The van der Waals surface area contributed by atoms with Gasteiger partial charge >= 0.3 is 0 Å². The predicted molar refractivity (Wildman–Crippen MR) is 86.5 cm³/mol. The van der Waals surface area contributed by atoms with Crippen molar-refractivity contribution in [3.8, 4) is 11.5 Å². The first kappa shape index (κ1) is 15.7. The lowest BCUT2D eigenvalue weighted by atomic mass is 10.0. The zero-order chi connectivity index (χ0) is 15.6. The van der Waals surface area contributed by atoms with E-state index in [1.165, 1.54) is 20.3 Å². The molecule has 2 N–H and O–H groups in total. The minimum Gasteiger partial charge on any atom is -0.497 e. The summed E-state index contributed by atoms with van der Waals surface area (Å²) in [5, 5.41) is 0.441. The number of ether oxygens (including phenoxy) is 2. The molecule has 2 aromatic carbocycles. The summed E-state index contributed by atoms with van der Waals surface area (Å²) in [4.78, 5) is 12.7. The Morgan fingerprint density at radius 3 is 2.52 bits per heavy atom. The highest BCUT2D eigenvalue weighted by atomic mass is 79.9. The number of benzene rings is 2. The fourth-order valence-corrected chi connectivity index (χ4v) is 2.69. The zero-order valence-electron chi connectivity index (χ0n) is 11.4. The summed E-state index contributed by atoms with van der Waals surface area (Å²) in [5.41, 5.74) is 6.91. The van der Waals surface area contributed by atoms with Gasteiger partial charge in [0.05, 0.1) is 19.8 Å². The number of hydrogen-bond acceptors (Lipinski definition) is 4.